The largest absolute Gasteiger partial charge is 0.356 e. The zero-order valence-corrected chi connectivity index (χ0v) is 5.14. The molecule has 0 saturated carbocycles. The van der Waals surface area contributed by atoms with Gasteiger partial charge in [0, 0.05) is 5.54 Å². The van der Waals surface area contributed by atoms with Crippen molar-refractivity contribution in [3.8, 4) is 0 Å². The van der Waals surface area contributed by atoms with Gasteiger partial charge in [0.2, 0.25) is 6.41 Å². The summed E-state index contributed by atoms with van der Waals surface area (Å²) in [6.45, 7) is 4.53. The monoisotopic (exact) mass is 117 g/mol. The summed E-state index contributed by atoms with van der Waals surface area (Å²) >= 11 is 0. The molecule has 1 heterocycles. The number of rotatable bonds is 0. The number of nitrogens with one attached hydrogen (secondary N) is 1. The normalized spacial score (nSPS) is 35.6. The molecular formula is C5H11NO2. The van der Waals surface area contributed by atoms with E-state index in [1.807, 2.05) is 13.8 Å². The average molecular weight is 117 g/mol. The van der Waals surface area contributed by atoms with Crippen molar-refractivity contribution in [3.63, 3.8) is 0 Å². The van der Waals surface area contributed by atoms with Crippen molar-refractivity contribution in [2.24, 2.45) is 0 Å². The Morgan fingerprint density at radius 1 is 1.75 bits per heavy atom. The van der Waals surface area contributed by atoms with Crippen molar-refractivity contribution in [2.75, 3.05) is 6.61 Å². The lowest BCUT2D eigenvalue weighted by atomic mass is 10.1. The molecule has 1 unspecified atom stereocenters. The molecule has 0 aromatic carbocycles. The van der Waals surface area contributed by atoms with Crippen LogP contribution in [-0.4, -0.2) is 23.7 Å². The van der Waals surface area contributed by atoms with E-state index in [2.05, 4.69) is 5.32 Å². The molecule has 0 amide bonds. The number of hydrogen-bond acceptors (Lipinski definition) is 3. The highest BCUT2D eigenvalue weighted by Gasteiger charge is 2.28. The van der Waals surface area contributed by atoms with Gasteiger partial charge in [0.15, 0.2) is 0 Å². The van der Waals surface area contributed by atoms with Gasteiger partial charge in [-0.1, -0.05) is 0 Å². The first-order valence-corrected chi connectivity index (χ1v) is 2.67. The fourth-order valence-electron chi connectivity index (χ4n) is 0.705. The Labute approximate surface area is 48.7 Å². The molecule has 0 aliphatic carbocycles. The minimum atomic E-state index is -0.759. The van der Waals surface area contributed by atoms with Gasteiger partial charge in [-0.2, -0.15) is 0 Å². The van der Waals surface area contributed by atoms with E-state index in [0.29, 0.717) is 6.61 Å². The molecule has 1 aliphatic rings. The van der Waals surface area contributed by atoms with Gasteiger partial charge in [0.1, 0.15) is 0 Å². The summed E-state index contributed by atoms with van der Waals surface area (Å²) in [7, 11) is 0. The lowest BCUT2D eigenvalue weighted by molar-refractivity contribution is -0.0719. The standard InChI is InChI=1S/C5H11NO2/c1-5(2)3-8-4(7)6-5/h4,6-7H,3H2,1-2H3. The van der Waals surface area contributed by atoms with E-state index in [9.17, 15) is 0 Å². The van der Waals surface area contributed by atoms with E-state index in [1.165, 1.54) is 0 Å². The highest BCUT2D eigenvalue weighted by Crippen LogP contribution is 2.10. The van der Waals surface area contributed by atoms with Gasteiger partial charge in [-0.3, -0.25) is 5.32 Å². The average Bonchev–Trinajstić information content (AvgIpc) is 1.82. The van der Waals surface area contributed by atoms with E-state index in [1.54, 1.807) is 0 Å². The van der Waals surface area contributed by atoms with Crippen LogP contribution in [0.25, 0.3) is 0 Å². The van der Waals surface area contributed by atoms with Crippen LogP contribution in [0, 0.1) is 0 Å². The summed E-state index contributed by atoms with van der Waals surface area (Å²) in [6, 6.07) is 0. The first-order valence-electron chi connectivity index (χ1n) is 2.67. The minimum absolute atomic E-state index is 0.0561. The molecule has 1 saturated heterocycles. The molecule has 0 aromatic heterocycles. The highest BCUT2D eigenvalue weighted by atomic mass is 16.6. The van der Waals surface area contributed by atoms with Gasteiger partial charge in [0.05, 0.1) is 6.61 Å². The number of aliphatic hydroxyl groups is 1. The predicted octanol–water partition coefficient (Wildman–Crippen LogP) is -0.339. The first-order chi connectivity index (χ1) is 3.60. The predicted molar refractivity (Wildman–Crippen MR) is 29.2 cm³/mol. The van der Waals surface area contributed by atoms with Gasteiger partial charge in [0.25, 0.3) is 0 Å². The second-order valence-corrected chi connectivity index (χ2v) is 2.69. The number of hydrogen-bond donors (Lipinski definition) is 2. The Morgan fingerprint density at radius 3 is 2.50 bits per heavy atom. The Hall–Kier alpha value is -0.120. The summed E-state index contributed by atoms with van der Waals surface area (Å²) in [5, 5.41) is 11.6. The smallest absolute Gasteiger partial charge is 0.214 e. The van der Waals surface area contributed by atoms with Crippen LogP contribution in [0.1, 0.15) is 13.8 Å². The zero-order valence-electron chi connectivity index (χ0n) is 5.14. The van der Waals surface area contributed by atoms with Crippen molar-refractivity contribution in [1.82, 2.24) is 5.32 Å². The number of aliphatic hydroxyl groups excluding tert-OH is 1. The van der Waals surface area contributed by atoms with Crippen LogP contribution in [0.2, 0.25) is 0 Å². The van der Waals surface area contributed by atoms with Crippen LogP contribution in [0.15, 0.2) is 0 Å². The van der Waals surface area contributed by atoms with Gasteiger partial charge < -0.3 is 9.84 Å². The van der Waals surface area contributed by atoms with Gasteiger partial charge in [-0.25, -0.2) is 0 Å². The van der Waals surface area contributed by atoms with Crippen LogP contribution in [0.3, 0.4) is 0 Å². The molecule has 2 N–H and O–H groups in total. The molecule has 0 radical (unpaired) electrons. The molecule has 0 aromatic rings. The summed E-state index contributed by atoms with van der Waals surface area (Å²) in [6.07, 6.45) is -0.759. The Balaban J connectivity index is 2.44. The summed E-state index contributed by atoms with van der Waals surface area (Å²) in [5.74, 6) is 0. The van der Waals surface area contributed by atoms with Crippen LogP contribution < -0.4 is 5.32 Å². The molecule has 0 spiro atoms. The molecule has 1 rings (SSSR count). The van der Waals surface area contributed by atoms with E-state index < -0.39 is 6.41 Å². The zero-order chi connectivity index (χ0) is 6.20. The maximum Gasteiger partial charge on any atom is 0.214 e. The van der Waals surface area contributed by atoms with Crippen LogP contribution in [0.4, 0.5) is 0 Å². The summed E-state index contributed by atoms with van der Waals surface area (Å²) in [4.78, 5) is 0. The van der Waals surface area contributed by atoms with E-state index in [-0.39, 0.29) is 5.54 Å². The third-order valence-electron chi connectivity index (χ3n) is 1.12. The molecule has 3 nitrogen and oxygen atoms in total. The lowest BCUT2D eigenvalue weighted by Gasteiger charge is -2.13. The van der Waals surface area contributed by atoms with E-state index in [0.717, 1.165) is 0 Å². The fraction of sp³-hybridized carbons (Fsp3) is 1.00. The molecule has 1 fully saturated rings. The highest BCUT2D eigenvalue weighted by molar-refractivity contribution is 4.80. The van der Waals surface area contributed by atoms with Gasteiger partial charge in [-0.15, -0.1) is 0 Å². The number of ether oxygens (including phenoxy) is 1. The third-order valence-corrected chi connectivity index (χ3v) is 1.12. The Bertz CT molecular complexity index is 92.4. The third kappa shape index (κ3) is 1.18. The second-order valence-electron chi connectivity index (χ2n) is 2.69. The second kappa shape index (κ2) is 1.69. The van der Waals surface area contributed by atoms with Crippen molar-refractivity contribution < 1.29 is 9.84 Å². The maximum atomic E-state index is 8.73. The van der Waals surface area contributed by atoms with E-state index >= 15 is 0 Å². The Morgan fingerprint density at radius 2 is 2.38 bits per heavy atom. The summed E-state index contributed by atoms with van der Waals surface area (Å²) < 4.78 is 4.81. The van der Waals surface area contributed by atoms with Crippen molar-refractivity contribution in [2.45, 2.75) is 25.8 Å². The lowest BCUT2D eigenvalue weighted by Crippen LogP contribution is -2.38. The summed E-state index contributed by atoms with van der Waals surface area (Å²) in [5.41, 5.74) is -0.0561. The molecular weight excluding hydrogens is 106 g/mol. The molecule has 0 bridgehead atoms. The molecule has 1 atom stereocenters. The van der Waals surface area contributed by atoms with Gasteiger partial charge >= 0.3 is 0 Å². The van der Waals surface area contributed by atoms with E-state index in [4.69, 9.17) is 9.84 Å². The van der Waals surface area contributed by atoms with Crippen molar-refractivity contribution in [1.29, 1.82) is 0 Å². The first kappa shape index (κ1) is 6.01. The fourth-order valence-corrected chi connectivity index (χ4v) is 0.705. The van der Waals surface area contributed by atoms with Crippen LogP contribution in [-0.2, 0) is 4.74 Å². The maximum absolute atomic E-state index is 8.73. The quantitative estimate of drug-likeness (QED) is 0.456. The molecule has 48 valence electrons. The van der Waals surface area contributed by atoms with Gasteiger partial charge in [-0.05, 0) is 13.8 Å². The topological polar surface area (TPSA) is 41.5 Å². The van der Waals surface area contributed by atoms with Crippen molar-refractivity contribution in [3.05, 3.63) is 0 Å². The minimum Gasteiger partial charge on any atom is -0.356 e. The molecule has 8 heavy (non-hydrogen) atoms. The van der Waals surface area contributed by atoms with Crippen LogP contribution >= 0.6 is 0 Å². The molecule has 1 aliphatic heterocycles. The molecule has 3 heteroatoms. The Kier molecular flexibility index (Phi) is 1.27. The SMILES string of the molecule is CC1(C)COC(O)N1. The van der Waals surface area contributed by atoms with Crippen LogP contribution in [0.5, 0.6) is 0 Å². The van der Waals surface area contributed by atoms with Crippen molar-refractivity contribution >= 4 is 0 Å².